The molecule has 0 saturated heterocycles. The molecule has 40 heavy (non-hydrogen) atoms. The summed E-state index contributed by atoms with van der Waals surface area (Å²) < 4.78 is 62.5. The largest absolute Gasteiger partial charge is 0.481 e. The lowest BCUT2D eigenvalue weighted by molar-refractivity contribution is -0.137. The summed E-state index contributed by atoms with van der Waals surface area (Å²) in [5.74, 6) is 0.341. The molecule has 0 bridgehead atoms. The third-order valence-electron chi connectivity index (χ3n) is 5.84. The summed E-state index contributed by atoms with van der Waals surface area (Å²) >= 11 is 0. The molecule has 5 rings (SSSR count). The van der Waals surface area contributed by atoms with Crippen LogP contribution in [-0.2, 0) is 22.0 Å². The van der Waals surface area contributed by atoms with Gasteiger partial charge in [-0.15, -0.1) is 0 Å². The summed E-state index contributed by atoms with van der Waals surface area (Å²) in [6, 6.07) is 10.2. The number of methoxy groups -OCH3 is 1. The SMILES string of the molecule is COc1ccc(-c2ccc3ncc4c(=O)n(COP(=O)(O)O)c(=O)n(-c5cccc(C(F)(F)F)c5)c4c3n2)cn1. The summed E-state index contributed by atoms with van der Waals surface area (Å²) in [4.78, 5) is 58.0. The number of halogens is 3. The zero-order valence-electron chi connectivity index (χ0n) is 20.2. The molecule has 12 nitrogen and oxygen atoms in total. The highest BCUT2D eigenvalue weighted by Gasteiger charge is 2.31. The molecule has 0 unspecified atom stereocenters. The number of rotatable bonds is 6. The average Bonchev–Trinajstić information content (AvgIpc) is 2.92. The second-order valence-electron chi connectivity index (χ2n) is 8.32. The summed E-state index contributed by atoms with van der Waals surface area (Å²) in [7, 11) is -3.69. The Labute approximate surface area is 221 Å². The Morgan fingerprint density at radius 2 is 1.80 bits per heavy atom. The molecule has 1 aromatic carbocycles. The van der Waals surface area contributed by atoms with Gasteiger partial charge in [0.15, 0.2) is 0 Å². The van der Waals surface area contributed by atoms with E-state index in [0.29, 0.717) is 27.8 Å². The van der Waals surface area contributed by atoms with E-state index in [4.69, 9.17) is 14.5 Å². The minimum atomic E-state index is -5.13. The Hall–Kier alpha value is -4.43. The van der Waals surface area contributed by atoms with Gasteiger partial charge in [-0.2, -0.15) is 13.2 Å². The van der Waals surface area contributed by atoms with Gasteiger partial charge in [-0.05, 0) is 36.4 Å². The minimum Gasteiger partial charge on any atom is -0.481 e. The van der Waals surface area contributed by atoms with Gasteiger partial charge >= 0.3 is 19.7 Å². The lowest BCUT2D eigenvalue weighted by Gasteiger charge is -2.17. The molecule has 0 fully saturated rings. The van der Waals surface area contributed by atoms with Gasteiger partial charge in [0.2, 0.25) is 5.88 Å². The van der Waals surface area contributed by atoms with Crippen LogP contribution in [0.25, 0.3) is 38.9 Å². The third kappa shape index (κ3) is 5.10. The molecule has 16 heteroatoms. The first-order chi connectivity index (χ1) is 18.9. The van der Waals surface area contributed by atoms with Crippen molar-refractivity contribution in [3.05, 3.63) is 87.3 Å². The van der Waals surface area contributed by atoms with Gasteiger partial charge in [0, 0.05) is 24.0 Å². The number of hydrogen-bond acceptors (Lipinski definition) is 8. The number of phosphoric acid groups is 1. The van der Waals surface area contributed by atoms with E-state index < -0.39 is 37.5 Å². The summed E-state index contributed by atoms with van der Waals surface area (Å²) in [5.41, 5.74) is -2.74. The van der Waals surface area contributed by atoms with Crippen molar-refractivity contribution in [1.82, 2.24) is 24.1 Å². The highest BCUT2D eigenvalue weighted by molar-refractivity contribution is 7.46. The molecule has 5 aromatic rings. The summed E-state index contributed by atoms with van der Waals surface area (Å²) in [5, 5.41) is -0.267. The molecule has 0 amide bonds. The van der Waals surface area contributed by atoms with Crippen LogP contribution < -0.4 is 16.0 Å². The molecule has 4 aromatic heterocycles. The predicted molar refractivity (Wildman–Crippen MR) is 135 cm³/mol. The highest BCUT2D eigenvalue weighted by Crippen LogP contribution is 2.36. The molecule has 2 N–H and O–H groups in total. The van der Waals surface area contributed by atoms with Gasteiger partial charge in [-0.3, -0.25) is 18.9 Å². The van der Waals surface area contributed by atoms with Crippen molar-refractivity contribution < 1.29 is 36.8 Å². The fourth-order valence-corrected chi connectivity index (χ4v) is 4.27. The van der Waals surface area contributed by atoms with E-state index >= 15 is 0 Å². The normalized spacial score (nSPS) is 12.2. The van der Waals surface area contributed by atoms with E-state index in [9.17, 15) is 27.3 Å². The Bertz CT molecular complexity index is 1940. The van der Waals surface area contributed by atoms with Crippen molar-refractivity contribution in [2.75, 3.05) is 7.11 Å². The number of phosphoric ester groups is 1. The van der Waals surface area contributed by atoms with E-state index in [1.54, 1.807) is 24.3 Å². The lowest BCUT2D eigenvalue weighted by Crippen LogP contribution is -2.40. The Morgan fingerprint density at radius 1 is 1.02 bits per heavy atom. The minimum absolute atomic E-state index is 0.000450. The smallest absolute Gasteiger partial charge is 0.471 e. The van der Waals surface area contributed by atoms with Crippen molar-refractivity contribution in [3.8, 4) is 22.8 Å². The number of aromatic nitrogens is 5. The van der Waals surface area contributed by atoms with Crippen molar-refractivity contribution >= 4 is 29.8 Å². The van der Waals surface area contributed by atoms with E-state index in [1.165, 1.54) is 19.4 Å². The van der Waals surface area contributed by atoms with E-state index in [1.807, 2.05) is 0 Å². The standard InChI is InChI=1S/C24H17F3N5O7P/c1-38-19-8-5-13(10-29-19)17-6-7-18-20(30-17)21-16(11-28-18)22(33)31(12-39-40(35,36)37)23(34)32(21)15-4-2-3-14(9-15)24(25,26)27/h2-11H,12H2,1H3,(H2,35,36,37). The van der Waals surface area contributed by atoms with Crippen molar-refractivity contribution in [3.63, 3.8) is 0 Å². The predicted octanol–water partition coefficient (Wildman–Crippen LogP) is 3.25. The molecular weight excluding hydrogens is 558 g/mol. The zero-order valence-corrected chi connectivity index (χ0v) is 21.1. The molecule has 0 aliphatic carbocycles. The van der Waals surface area contributed by atoms with Crippen LogP contribution in [0.1, 0.15) is 5.56 Å². The van der Waals surface area contributed by atoms with Crippen LogP contribution in [0.15, 0.2) is 70.5 Å². The van der Waals surface area contributed by atoms with Crippen LogP contribution in [0.3, 0.4) is 0 Å². The summed E-state index contributed by atoms with van der Waals surface area (Å²) in [6.45, 7) is -1.18. The van der Waals surface area contributed by atoms with Gasteiger partial charge in [-0.25, -0.2) is 23.9 Å². The molecular formula is C24H17F3N5O7P. The first-order valence-corrected chi connectivity index (χ1v) is 12.7. The highest BCUT2D eigenvalue weighted by atomic mass is 31.2. The van der Waals surface area contributed by atoms with Crippen LogP contribution in [0.5, 0.6) is 5.88 Å². The molecule has 0 spiro atoms. The Morgan fingerprint density at radius 3 is 2.45 bits per heavy atom. The number of alkyl halides is 3. The maximum absolute atomic E-state index is 13.6. The van der Waals surface area contributed by atoms with Gasteiger partial charge in [0.1, 0.15) is 12.2 Å². The number of hydrogen-bond donors (Lipinski definition) is 2. The second kappa shape index (κ2) is 9.95. The van der Waals surface area contributed by atoms with E-state index in [0.717, 1.165) is 22.9 Å². The molecule has 0 radical (unpaired) electrons. The molecule has 206 valence electrons. The van der Waals surface area contributed by atoms with Crippen LogP contribution in [0.4, 0.5) is 13.2 Å². The van der Waals surface area contributed by atoms with Crippen molar-refractivity contribution in [2.24, 2.45) is 0 Å². The molecule has 0 aliphatic rings. The number of benzene rings is 1. The number of fused-ring (bicyclic) bond motifs is 3. The molecule has 0 atom stereocenters. The quantitative estimate of drug-likeness (QED) is 0.227. The Balaban J connectivity index is 1.87. The Kier molecular flexibility index (Phi) is 6.75. The third-order valence-corrected chi connectivity index (χ3v) is 6.29. The van der Waals surface area contributed by atoms with E-state index in [2.05, 4.69) is 19.5 Å². The monoisotopic (exact) mass is 575 g/mol. The molecule has 0 saturated carbocycles. The van der Waals surface area contributed by atoms with Crippen LogP contribution in [-0.4, -0.2) is 41.0 Å². The van der Waals surface area contributed by atoms with Gasteiger partial charge in [0.05, 0.1) is 40.5 Å². The molecule has 0 aliphatic heterocycles. The van der Waals surface area contributed by atoms with Gasteiger partial charge in [-0.1, -0.05) is 6.07 Å². The van der Waals surface area contributed by atoms with Crippen LogP contribution in [0.2, 0.25) is 0 Å². The maximum Gasteiger partial charge on any atom is 0.471 e. The van der Waals surface area contributed by atoms with Crippen LogP contribution >= 0.6 is 7.82 Å². The number of nitrogens with zero attached hydrogens (tertiary/aromatic N) is 5. The average molecular weight is 575 g/mol. The fourth-order valence-electron chi connectivity index (χ4n) is 4.01. The van der Waals surface area contributed by atoms with Crippen molar-refractivity contribution in [1.29, 1.82) is 0 Å². The first kappa shape index (κ1) is 27.1. The lowest BCUT2D eigenvalue weighted by atomic mass is 10.1. The summed E-state index contributed by atoms with van der Waals surface area (Å²) in [6.07, 6.45) is -2.20. The number of ether oxygens (including phenoxy) is 1. The number of pyridine rings is 3. The fraction of sp³-hybridized carbons (Fsp3) is 0.125. The maximum atomic E-state index is 13.6. The second-order valence-corrected chi connectivity index (χ2v) is 9.56. The first-order valence-electron chi connectivity index (χ1n) is 11.2. The van der Waals surface area contributed by atoms with Gasteiger partial charge < -0.3 is 14.5 Å². The zero-order chi connectivity index (χ0) is 28.8. The topological polar surface area (TPSA) is 159 Å². The molecule has 4 heterocycles. The van der Waals surface area contributed by atoms with E-state index in [-0.39, 0.29) is 27.6 Å². The van der Waals surface area contributed by atoms with Crippen molar-refractivity contribution in [2.45, 2.75) is 12.9 Å². The van der Waals surface area contributed by atoms with Gasteiger partial charge in [0.25, 0.3) is 5.56 Å². The van der Waals surface area contributed by atoms with Crippen LogP contribution in [0, 0.1) is 0 Å².